The Hall–Kier alpha value is -3.31. The van der Waals surface area contributed by atoms with E-state index in [2.05, 4.69) is 4.90 Å². The largest absolute Gasteiger partial charge is 0.497 e. The summed E-state index contributed by atoms with van der Waals surface area (Å²) >= 11 is 0. The van der Waals surface area contributed by atoms with Crippen LogP contribution in [0.2, 0.25) is 0 Å². The van der Waals surface area contributed by atoms with Gasteiger partial charge in [-0.05, 0) is 86.6 Å². The summed E-state index contributed by atoms with van der Waals surface area (Å²) in [6, 6.07) is 24.5. The summed E-state index contributed by atoms with van der Waals surface area (Å²) in [6.07, 6.45) is 3.90. The van der Waals surface area contributed by atoms with Crippen molar-refractivity contribution in [2.24, 2.45) is 0 Å². The smallest absolute Gasteiger partial charge is 0.262 e. The molecule has 4 rings (SSSR count). The summed E-state index contributed by atoms with van der Waals surface area (Å²) in [6.45, 7) is 3.96. The monoisotopic (exact) mass is 430 g/mol. The molecule has 1 aliphatic heterocycles. The van der Waals surface area contributed by atoms with Crippen LogP contribution >= 0.6 is 0 Å². The number of hydrogen-bond donors (Lipinski definition) is 0. The van der Waals surface area contributed by atoms with Crippen molar-refractivity contribution in [3.63, 3.8) is 0 Å². The highest BCUT2D eigenvalue weighted by molar-refractivity contribution is 6.10. The van der Waals surface area contributed by atoms with E-state index in [9.17, 15) is 4.79 Å². The van der Waals surface area contributed by atoms with Gasteiger partial charge in [-0.2, -0.15) is 0 Å². The fourth-order valence-corrected chi connectivity index (χ4v) is 3.99. The average Bonchev–Trinajstić information content (AvgIpc) is 2.87. The van der Waals surface area contributed by atoms with Gasteiger partial charge >= 0.3 is 0 Å². The Labute approximate surface area is 190 Å². The van der Waals surface area contributed by atoms with Gasteiger partial charge in [0.15, 0.2) is 0 Å². The van der Waals surface area contributed by atoms with Gasteiger partial charge in [-0.15, -0.1) is 0 Å². The number of anilines is 2. The Balaban J connectivity index is 1.50. The molecule has 5 heteroatoms. The van der Waals surface area contributed by atoms with E-state index in [4.69, 9.17) is 9.47 Å². The van der Waals surface area contributed by atoms with Gasteiger partial charge in [0, 0.05) is 23.5 Å². The number of likely N-dealkylation sites (tertiary alicyclic amines) is 1. The van der Waals surface area contributed by atoms with Gasteiger partial charge in [-0.25, -0.2) is 0 Å². The Bertz CT molecular complexity index is 982. The standard InChI is InChI=1S/C27H30N2O3/c1-31-25-14-10-23(11-15-25)29(27(30)22-8-4-2-5-9-22)24-12-16-26(17-13-24)32-21-20-28-18-6-3-7-19-28/h2,4-5,8-17H,3,6-7,18-21H2,1H3. The van der Waals surface area contributed by atoms with Gasteiger partial charge in [0.25, 0.3) is 5.91 Å². The quantitative estimate of drug-likeness (QED) is 0.471. The van der Waals surface area contributed by atoms with Crippen LogP contribution in [-0.2, 0) is 0 Å². The molecule has 3 aromatic rings. The topological polar surface area (TPSA) is 42.0 Å². The molecule has 3 aromatic carbocycles. The highest BCUT2D eigenvalue weighted by Crippen LogP contribution is 2.30. The molecule has 1 heterocycles. The zero-order chi connectivity index (χ0) is 22.2. The SMILES string of the molecule is COc1ccc(N(C(=O)c2ccccc2)c2ccc(OCCN3CCCCC3)cc2)cc1. The van der Waals surface area contributed by atoms with Crippen LogP contribution in [0.4, 0.5) is 11.4 Å². The number of rotatable bonds is 8. The van der Waals surface area contributed by atoms with Gasteiger partial charge in [0.05, 0.1) is 7.11 Å². The van der Waals surface area contributed by atoms with E-state index >= 15 is 0 Å². The lowest BCUT2D eigenvalue weighted by Crippen LogP contribution is -2.33. The number of methoxy groups -OCH3 is 1. The first-order chi connectivity index (χ1) is 15.7. The van der Waals surface area contributed by atoms with E-state index < -0.39 is 0 Å². The van der Waals surface area contributed by atoms with Gasteiger partial charge < -0.3 is 9.47 Å². The van der Waals surface area contributed by atoms with E-state index in [1.807, 2.05) is 78.9 Å². The van der Waals surface area contributed by atoms with Crippen LogP contribution in [0.1, 0.15) is 29.6 Å². The van der Waals surface area contributed by atoms with Crippen LogP contribution in [0, 0.1) is 0 Å². The summed E-state index contributed by atoms with van der Waals surface area (Å²) in [7, 11) is 1.63. The molecule has 1 saturated heterocycles. The molecule has 0 unspecified atom stereocenters. The van der Waals surface area contributed by atoms with E-state index in [1.165, 1.54) is 32.4 Å². The second-order valence-corrected chi connectivity index (χ2v) is 7.95. The second-order valence-electron chi connectivity index (χ2n) is 7.95. The average molecular weight is 431 g/mol. The second kappa shape index (κ2) is 10.8. The van der Waals surface area contributed by atoms with E-state index in [-0.39, 0.29) is 5.91 Å². The Morgan fingerprint density at radius 2 is 1.41 bits per heavy atom. The third kappa shape index (κ3) is 5.48. The lowest BCUT2D eigenvalue weighted by atomic mass is 10.1. The molecule has 0 bridgehead atoms. The van der Waals surface area contributed by atoms with Crippen LogP contribution in [0.15, 0.2) is 78.9 Å². The number of carbonyl (C=O) groups is 1. The van der Waals surface area contributed by atoms with Crippen molar-refractivity contribution < 1.29 is 14.3 Å². The summed E-state index contributed by atoms with van der Waals surface area (Å²) in [5, 5.41) is 0. The van der Waals surface area contributed by atoms with Crippen molar-refractivity contribution in [1.82, 2.24) is 4.90 Å². The van der Waals surface area contributed by atoms with E-state index in [1.54, 1.807) is 12.0 Å². The zero-order valence-electron chi connectivity index (χ0n) is 18.6. The lowest BCUT2D eigenvalue weighted by Gasteiger charge is -2.26. The minimum absolute atomic E-state index is 0.0884. The van der Waals surface area contributed by atoms with Crippen molar-refractivity contribution in [1.29, 1.82) is 0 Å². The summed E-state index contributed by atoms with van der Waals surface area (Å²) in [4.78, 5) is 17.6. The molecule has 0 atom stereocenters. The summed E-state index contributed by atoms with van der Waals surface area (Å²) in [5.74, 6) is 1.47. The van der Waals surface area contributed by atoms with Crippen molar-refractivity contribution >= 4 is 17.3 Å². The minimum atomic E-state index is -0.0884. The Morgan fingerprint density at radius 1 is 0.812 bits per heavy atom. The van der Waals surface area contributed by atoms with E-state index in [0.29, 0.717) is 12.2 Å². The van der Waals surface area contributed by atoms with Crippen molar-refractivity contribution in [2.75, 3.05) is 38.3 Å². The predicted octanol–water partition coefficient (Wildman–Crippen LogP) is 5.54. The fraction of sp³-hybridized carbons (Fsp3) is 0.296. The number of carbonyl (C=O) groups excluding carboxylic acids is 1. The molecular formula is C27H30N2O3. The number of nitrogens with zero attached hydrogens (tertiary/aromatic N) is 2. The molecule has 0 N–H and O–H groups in total. The third-order valence-corrected chi connectivity index (χ3v) is 5.77. The molecule has 1 amide bonds. The molecule has 166 valence electrons. The first-order valence-corrected chi connectivity index (χ1v) is 11.2. The van der Waals surface area contributed by atoms with Crippen molar-refractivity contribution in [2.45, 2.75) is 19.3 Å². The van der Waals surface area contributed by atoms with Crippen LogP contribution in [0.3, 0.4) is 0 Å². The molecule has 1 aliphatic rings. The molecule has 32 heavy (non-hydrogen) atoms. The van der Waals surface area contributed by atoms with Gasteiger partial charge in [0.2, 0.25) is 0 Å². The predicted molar refractivity (Wildman–Crippen MR) is 128 cm³/mol. The van der Waals surface area contributed by atoms with E-state index in [0.717, 1.165) is 29.4 Å². The van der Waals surface area contributed by atoms with Gasteiger partial charge in [-0.3, -0.25) is 14.6 Å². The number of amides is 1. The number of ether oxygens (including phenoxy) is 2. The van der Waals surface area contributed by atoms with Crippen LogP contribution in [-0.4, -0.2) is 44.2 Å². The fourth-order valence-electron chi connectivity index (χ4n) is 3.99. The highest BCUT2D eigenvalue weighted by atomic mass is 16.5. The zero-order valence-corrected chi connectivity index (χ0v) is 18.6. The Kier molecular flexibility index (Phi) is 7.41. The van der Waals surface area contributed by atoms with Crippen molar-refractivity contribution in [3.05, 3.63) is 84.4 Å². The number of benzene rings is 3. The molecule has 1 fully saturated rings. The van der Waals surface area contributed by atoms with Crippen LogP contribution < -0.4 is 14.4 Å². The third-order valence-electron chi connectivity index (χ3n) is 5.77. The first kappa shape index (κ1) is 21.9. The summed E-state index contributed by atoms with van der Waals surface area (Å²) in [5.41, 5.74) is 2.19. The molecule has 0 aliphatic carbocycles. The maximum atomic E-state index is 13.4. The van der Waals surface area contributed by atoms with Crippen LogP contribution in [0.25, 0.3) is 0 Å². The maximum absolute atomic E-state index is 13.4. The molecular weight excluding hydrogens is 400 g/mol. The Morgan fingerprint density at radius 3 is 2.00 bits per heavy atom. The maximum Gasteiger partial charge on any atom is 0.262 e. The van der Waals surface area contributed by atoms with Crippen molar-refractivity contribution in [3.8, 4) is 11.5 Å². The lowest BCUT2D eigenvalue weighted by molar-refractivity contribution is 0.0999. The molecule has 5 nitrogen and oxygen atoms in total. The molecule has 0 radical (unpaired) electrons. The number of piperidine rings is 1. The molecule has 0 spiro atoms. The highest BCUT2D eigenvalue weighted by Gasteiger charge is 2.20. The normalized spacial score (nSPS) is 14.0. The van der Waals surface area contributed by atoms with Gasteiger partial charge in [-0.1, -0.05) is 24.6 Å². The molecule has 0 aromatic heterocycles. The molecule has 0 saturated carbocycles. The van der Waals surface area contributed by atoms with Gasteiger partial charge in [0.1, 0.15) is 18.1 Å². The number of hydrogen-bond acceptors (Lipinski definition) is 4. The van der Waals surface area contributed by atoms with Crippen LogP contribution in [0.5, 0.6) is 11.5 Å². The first-order valence-electron chi connectivity index (χ1n) is 11.2. The minimum Gasteiger partial charge on any atom is -0.497 e. The summed E-state index contributed by atoms with van der Waals surface area (Å²) < 4.78 is 11.2.